The molecule has 11 atom stereocenters. The van der Waals surface area contributed by atoms with Gasteiger partial charge in [0.05, 0.1) is 23.4 Å². The predicted molar refractivity (Wildman–Crippen MR) is 92.8 cm³/mol. The van der Waals surface area contributed by atoms with Crippen LogP contribution in [0, 0.1) is 29.1 Å². The number of rotatable bonds is 3. The van der Waals surface area contributed by atoms with Crippen molar-refractivity contribution in [1.29, 1.82) is 0 Å². The zero-order valence-electron chi connectivity index (χ0n) is 16.7. The van der Waals surface area contributed by atoms with Crippen LogP contribution < -0.4 is 0 Å². The molecule has 3 heterocycles. The van der Waals surface area contributed by atoms with Gasteiger partial charge in [-0.05, 0) is 12.8 Å². The molecule has 0 amide bonds. The maximum atomic E-state index is 12.9. The van der Waals surface area contributed by atoms with Crippen molar-refractivity contribution in [1.82, 2.24) is 0 Å². The molecule has 2 N–H and O–H groups in total. The number of aliphatic hydroxyl groups excluding tert-OH is 1. The van der Waals surface area contributed by atoms with Crippen LogP contribution in [0.3, 0.4) is 0 Å². The van der Waals surface area contributed by atoms with Gasteiger partial charge < -0.3 is 29.2 Å². The quantitative estimate of drug-likeness (QED) is 0.507. The zero-order chi connectivity index (χ0) is 20.4. The summed E-state index contributed by atoms with van der Waals surface area (Å²) in [5, 5.41) is 22.2. The number of hydrogen-bond donors (Lipinski definition) is 2. The number of carbonyl (C=O) groups is 2. The third-order valence-corrected chi connectivity index (χ3v) is 8.42. The van der Waals surface area contributed by atoms with Crippen LogP contribution in [0.5, 0.6) is 0 Å². The van der Waals surface area contributed by atoms with Crippen LogP contribution in [0.25, 0.3) is 0 Å². The van der Waals surface area contributed by atoms with Gasteiger partial charge >= 0.3 is 11.9 Å². The van der Waals surface area contributed by atoms with E-state index in [0.717, 1.165) is 0 Å². The summed E-state index contributed by atoms with van der Waals surface area (Å²) in [5.74, 6) is -2.57. The van der Waals surface area contributed by atoms with Gasteiger partial charge in [-0.15, -0.1) is 0 Å². The van der Waals surface area contributed by atoms with Crippen molar-refractivity contribution in [3.63, 3.8) is 0 Å². The van der Waals surface area contributed by atoms with Crippen LogP contribution >= 0.6 is 0 Å². The van der Waals surface area contributed by atoms with Crippen molar-refractivity contribution in [2.75, 3.05) is 7.11 Å². The highest BCUT2D eigenvalue weighted by atomic mass is 16.7. The Hall–Kier alpha value is -1.22. The monoisotopic (exact) mass is 396 g/mol. The zero-order valence-corrected chi connectivity index (χ0v) is 16.7. The van der Waals surface area contributed by atoms with E-state index in [2.05, 4.69) is 0 Å². The summed E-state index contributed by atoms with van der Waals surface area (Å²) in [5.41, 5.74) is -3.85. The second-order valence-corrected chi connectivity index (χ2v) is 9.72. The van der Waals surface area contributed by atoms with Gasteiger partial charge in [0.15, 0.2) is 5.60 Å². The number of aliphatic hydroxyl groups is 2. The highest BCUT2D eigenvalue weighted by Gasteiger charge is 2.93. The SMILES string of the molecule is CO[C@@H]1[C@@H]2OC(=O)[C@@H]([C@@H]2C(C)C)[C@]2(O)[C@H]3O[C@H]3[C@]3(C[C@@H](C(C)O)C(=O)O3)[C@]12C. The molecule has 0 radical (unpaired) electrons. The highest BCUT2D eigenvalue weighted by molar-refractivity contribution is 5.81. The Kier molecular flexibility index (Phi) is 3.54. The number of ether oxygens (including phenoxy) is 4. The number of fused-ring (bicyclic) bond motifs is 8. The Morgan fingerprint density at radius 2 is 1.86 bits per heavy atom. The lowest BCUT2D eigenvalue weighted by Crippen LogP contribution is -2.73. The van der Waals surface area contributed by atoms with Gasteiger partial charge in [-0.2, -0.15) is 0 Å². The van der Waals surface area contributed by atoms with Gasteiger partial charge in [0.1, 0.15) is 30.0 Å². The molecule has 2 bridgehead atoms. The number of methoxy groups -OCH3 is 1. The largest absolute Gasteiger partial charge is 0.459 e. The first kappa shape index (κ1) is 18.8. The number of epoxide rings is 1. The smallest absolute Gasteiger partial charge is 0.312 e. The van der Waals surface area contributed by atoms with Gasteiger partial charge in [0, 0.05) is 19.4 Å². The van der Waals surface area contributed by atoms with E-state index < -0.39 is 70.9 Å². The molecule has 5 aliphatic rings. The first-order valence-electron chi connectivity index (χ1n) is 10.1. The van der Waals surface area contributed by atoms with Gasteiger partial charge in [-0.3, -0.25) is 9.59 Å². The van der Waals surface area contributed by atoms with Crippen molar-refractivity contribution in [2.24, 2.45) is 29.1 Å². The number of carbonyl (C=O) groups excluding carboxylic acids is 2. The van der Waals surface area contributed by atoms with Gasteiger partial charge in [0.25, 0.3) is 0 Å². The topological polar surface area (TPSA) is 115 Å². The minimum atomic E-state index is -1.58. The van der Waals surface area contributed by atoms with Crippen molar-refractivity contribution in [2.45, 2.75) is 75.8 Å². The van der Waals surface area contributed by atoms with Gasteiger partial charge in [0.2, 0.25) is 0 Å². The summed E-state index contributed by atoms with van der Waals surface area (Å²) in [7, 11) is 1.53. The molecule has 2 saturated carbocycles. The summed E-state index contributed by atoms with van der Waals surface area (Å²) >= 11 is 0. The summed E-state index contributed by atoms with van der Waals surface area (Å²) in [6, 6.07) is 0. The average Bonchev–Trinajstić information content (AvgIpc) is 3.21. The molecular weight excluding hydrogens is 368 g/mol. The van der Waals surface area contributed by atoms with Crippen LogP contribution in [-0.2, 0) is 28.5 Å². The molecule has 0 aromatic rings. The third-order valence-electron chi connectivity index (χ3n) is 8.42. The molecular formula is C20H28O8. The van der Waals surface area contributed by atoms with Crippen LogP contribution in [0.1, 0.15) is 34.1 Å². The molecule has 1 unspecified atom stereocenters. The summed E-state index contributed by atoms with van der Waals surface area (Å²) in [4.78, 5) is 25.5. The first-order chi connectivity index (χ1) is 13.1. The van der Waals surface area contributed by atoms with E-state index in [1.807, 2.05) is 20.8 Å². The van der Waals surface area contributed by atoms with Gasteiger partial charge in [-0.1, -0.05) is 20.8 Å². The fraction of sp³-hybridized carbons (Fsp3) is 0.900. The second kappa shape index (κ2) is 5.28. The molecule has 5 fully saturated rings. The van der Waals surface area contributed by atoms with Crippen molar-refractivity contribution >= 4 is 11.9 Å². The first-order valence-corrected chi connectivity index (χ1v) is 10.1. The maximum absolute atomic E-state index is 12.9. The van der Waals surface area contributed by atoms with Crippen molar-refractivity contribution in [3.05, 3.63) is 0 Å². The van der Waals surface area contributed by atoms with E-state index in [-0.39, 0.29) is 18.3 Å². The van der Waals surface area contributed by atoms with E-state index in [0.29, 0.717) is 0 Å². The lowest BCUT2D eigenvalue weighted by molar-refractivity contribution is -0.283. The highest BCUT2D eigenvalue weighted by Crippen LogP contribution is 2.75. The molecule has 1 spiro atoms. The fourth-order valence-electron chi connectivity index (χ4n) is 7.10. The fourth-order valence-corrected chi connectivity index (χ4v) is 7.10. The molecule has 28 heavy (non-hydrogen) atoms. The Balaban J connectivity index is 1.70. The normalized spacial score (nSPS) is 57.2. The van der Waals surface area contributed by atoms with Gasteiger partial charge in [-0.25, -0.2) is 0 Å². The van der Waals surface area contributed by atoms with E-state index in [9.17, 15) is 19.8 Å². The van der Waals surface area contributed by atoms with Crippen molar-refractivity contribution < 1.29 is 38.7 Å². The number of esters is 2. The van der Waals surface area contributed by atoms with Crippen LogP contribution in [-0.4, -0.2) is 71.0 Å². The van der Waals surface area contributed by atoms with E-state index in [1.54, 1.807) is 6.92 Å². The lowest BCUT2D eigenvalue weighted by atomic mass is 9.50. The lowest BCUT2D eigenvalue weighted by Gasteiger charge is -2.58. The summed E-state index contributed by atoms with van der Waals surface area (Å²) in [6.07, 6.45) is -3.02. The van der Waals surface area contributed by atoms with Crippen LogP contribution in [0.2, 0.25) is 0 Å². The van der Waals surface area contributed by atoms with E-state index in [1.165, 1.54) is 7.11 Å². The van der Waals surface area contributed by atoms with Crippen LogP contribution in [0.15, 0.2) is 0 Å². The van der Waals surface area contributed by atoms with E-state index in [4.69, 9.17) is 18.9 Å². The summed E-state index contributed by atoms with van der Waals surface area (Å²) < 4.78 is 23.4. The molecule has 5 rings (SSSR count). The standard InChI is InChI=1S/C20H28O8/c1-7(2)10-11-17(23)26-12(10)13(25-5)18(4)19(14-15(27-14)20(11,18)24)6-9(8(3)21)16(22)28-19/h7-15,21,24H,6H2,1-5H3/t8?,9-,10-,11+,12+,13+,14+,15-,18-,19+,20-/m0/s1. The minimum absolute atomic E-state index is 0.0813. The third kappa shape index (κ3) is 1.70. The van der Waals surface area contributed by atoms with Crippen LogP contribution in [0.4, 0.5) is 0 Å². The number of hydrogen-bond acceptors (Lipinski definition) is 8. The molecule has 8 nitrogen and oxygen atoms in total. The average molecular weight is 396 g/mol. The molecule has 3 saturated heterocycles. The molecule has 0 aromatic heterocycles. The molecule has 0 aromatic carbocycles. The predicted octanol–water partition coefficient (Wildman–Crippen LogP) is 0.0299. The van der Waals surface area contributed by atoms with E-state index >= 15 is 0 Å². The molecule has 3 aliphatic heterocycles. The Bertz CT molecular complexity index is 750. The Morgan fingerprint density at radius 1 is 1.18 bits per heavy atom. The molecule has 8 heteroatoms. The maximum Gasteiger partial charge on any atom is 0.312 e. The summed E-state index contributed by atoms with van der Waals surface area (Å²) in [6.45, 7) is 7.38. The second-order valence-electron chi connectivity index (χ2n) is 9.72. The Labute approximate surface area is 163 Å². The Morgan fingerprint density at radius 3 is 2.39 bits per heavy atom. The molecule has 156 valence electrons. The minimum Gasteiger partial charge on any atom is -0.459 e. The van der Waals surface area contributed by atoms with Crippen molar-refractivity contribution in [3.8, 4) is 0 Å². The molecule has 2 aliphatic carbocycles.